The molecule has 1 atom stereocenters. The summed E-state index contributed by atoms with van der Waals surface area (Å²) < 4.78 is 0. The molecular formula is C14H21N3O2S. The van der Waals surface area contributed by atoms with E-state index in [-0.39, 0.29) is 11.3 Å². The van der Waals surface area contributed by atoms with Crippen molar-refractivity contribution in [3.63, 3.8) is 0 Å². The molecular weight excluding hydrogens is 274 g/mol. The second-order valence-corrected chi connectivity index (χ2v) is 6.85. The van der Waals surface area contributed by atoms with Gasteiger partial charge in [-0.2, -0.15) is 0 Å². The summed E-state index contributed by atoms with van der Waals surface area (Å²) in [5, 5.41) is 9.71. The van der Waals surface area contributed by atoms with E-state index in [1.165, 1.54) is 0 Å². The molecule has 0 unspecified atom stereocenters. The summed E-state index contributed by atoms with van der Waals surface area (Å²) in [5.74, 6) is -0.121. The number of thiazole rings is 1. The monoisotopic (exact) mass is 295 g/mol. The highest BCUT2D eigenvalue weighted by Gasteiger charge is 2.27. The molecule has 1 aliphatic rings. The van der Waals surface area contributed by atoms with Gasteiger partial charge in [0.05, 0.1) is 18.0 Å². The van der Waals surface area contributed by atoms with Crippen LogP contribution in [0.1, 0.15) is 51.2 Å². The number of hydrogen-bond donors (Lipinski definition) is 1. The Kier molecular flexibility index (Phi) is 4.42. The van der Waals surface area contributed by atoms with Crippen LogP contribution in [-0.4, -0.2) is 22.7 Å². The summed E-state index contributed by atoms with van der Waals surface area (Å²) in [4.78, 5) is 21.6. The average molecular weight is 295 g/mol. The van der Waals surface area contributed by atoms with E-state index >= 15 is 0 Å². The Hall–Kier alpha value is -1.43. The number of nitrogens with zero attached hydrogens (tertiary/aromatic N) is 2. The fraction of sp³-hybridized carbons (Fsp3) is 0.643. The van der Waals surface area contributed by atoms with Crippen LogP contribution < -0.4 is 5.32 Å². The number of amides is 1. The maximum absolute atomic E-state index is 12.0. The van der Waals surface area contributed by atoms with Crippen LogP contribution in [0.25, 0.3) is 0 Å². The molecule has 1 aromatic heterocycles. The van der Waals surface area contributed by atoms with E-state index < -0.39 is 6.10 Å². The van der Waals surface area contributed by atoms with E-state index in [9.17, 15) is 4.79 Å². The summed E-state index contributed by atoms with van der Waals surface area (Å²) in [6.07, 6.45) is 0.936. The molecule has 6 heteroatoms. The number of rotatable bonds is 4. The molecule has 0 aromatic carbocycles. The van der Waals surface area contributed by atoms with Crippen LogP contribution in [0.5, 0.6) is 0 Å². The Morgan fingerprint density at radius 2 is 2.30 bits per heavy atom. The molecule has 1 N–H and O–H groups in total. The third kappa shape index (κ3) is 3.56. The van der Waals surface area contributed by atoms with Gasteiger partial charge in [-0.25, -0.2) is 4.98 Å². The van der Waals surface area contributed by atoms with E-state index in [1.807, 2.05) is 12.3 Å². The van der Waals surface area contributed by atoms with Gasteiger partial charge in [0.15, 0.2) is 0 Å². The second kappa shape index (κ2) is 5.91. The largest absolute Gasteiger partial charge is 0.382 e. The van der Waals surface area contributed by atoms with Crippen molar-refractivity contribution in [3.8, 4) is 0 Å². The molecule has 5 nitrogen and oxygen atoms in total. The Balaban J connectivity index is 1.84. The zero-order valence-corrected chi connectivity index (χ0v) is 13.2. The fourth-order valence-corrected chi connectivity index (χ4v) is 2.75. The van der Waals surface area contributed by atoms with Crippen LogP contribution in [0.2, 0.25) is 0 Å². The fourth-order valence-electron chi connectivity index (χ4n) is 1.79. The highest BCUT2D eigenvalue weighted by atomic mass is 32.1. The van der Waals surface area contributed by atoms with Crippen molar-refractivity contribution < 1.29 is 9.63 Å². The third-order valence-electron chi connectivity index (χ3n) is 3.16. The van der Waals surface area contributed by atoms with E-state index in [0.29, 0.717) is 13.0 Å². The van der Waals surface area contributed by atoms with Crippen LogP contribution in [0.3, 0.4) is 0 Å². The van der Waals surface area contributed by atoms with Crippen LogP contribution >= 0.6 is 11.3 Å². The quantitative estimate of drug-likeness (QED) is 0.928. The zero-order chi connectivity index (χ0) is 14.8. The van der Waals surface area contributed by atoms with Gasteiger partial charge in [0.2, 0.25) is 6.10 Å². The van der Waals surface area contributed by atoms with E-state index in [1.54, 1.807) is 11.3 Å². The average Bonchev–Trinajstić information content (AvgIpc) is 3.04. The minimum atomic E-state index is -0.480. The van der Waals surface area contributed by atoms with Gasteiger partial charge in [-0.15, -0.1) is 11.3 Å². The molecule has 0 aliphatic carbocycles. The highest BCUT2D eigenvalue weighted by molar-refractivity contribution is 7.09. The maximum atomic E-state index is 12.0. The lowest BCUT2D eigenvalue weighted by atomic mass is 9.93. The Labute approximate surface area is 123 Å². The smallest absolute Gasteiger partial charge is 0.264 e. The number of aromatic nitrogens is 1. The molecule has 2 heterocycles. The summed E-state index contributed by atoms with van der Waals surface area (Å²) in [6.45, 7) is 8.83. The van der Waals surface area contributed by atoms with Gasteiger partial charge in [-0.3, -0.25) is 4.79 Å². The lowest BCUT2D eigenvalue weighted by molar-refractivity contribution is -0.131. The minimum Gasteiger partial charge on any atom is -0.382 e. The van der Waals surface area contributed by atoms with Gasteiger partial charge in [0, 0.05) is 17.2 Å². The summed E-state index contributed by atoms with van der Waals surface area (Å²) in [6, 6.07) is 0. The van der Waals surface area contributed by atoms with Gasteiger partial charge < -0.3 is 10.2 Å². The number of oxime groups is 1. The van der Waals surface area contributed by atoms with Crippen LogP contribution in [0, 0.1) is 0 Å². The molecule has 1 aliphatic heterocycles. The normalized spacial score (nSPS) is 18.6. The molecule has 0 fully saturated rings. The SMILES string of the molecule is CCC1=NO[C@H](C(=O)NCc2nc(C(C)(C)C)cs2)C1. The molecule has 2 rings (SSSR count). The number of carbonyl (C=O) groups is 1. The summed E-state index contributed by atoms with van der Waals surface area (Å²) in [7, 11) is 0. The first-order valence-corrected chi connectivity index (χ1v) is 7.72. The molecule has 1 amide bonds. The van der Waals surface area contributed by atoms with Crippen LogP contribution in [0.4, 0.5) is 0 Å². The number of hydrogen-bond acceptors (Lipinski definition) is 5. The van der Waals surface area contributed by atoms with Gasteiger partial charge in [-0.05, 0) is 6.42 Å². The predicted molar refractivity (Wildman–Crippen MR) is 79.9 cm³/mol. The lowest BCUT2D eigenvalue weighted by Crippen LogP contribution is -2.34. The van der Waals surface area contributed by atoms with E-state index in [0.717, 1.165) is 22.8 Å². The Bertz CT molecular complexity index is 517. The van der Waals surface area contributed by atoms with Gasteiger partial charge >= 0.3 is 0 Å². The molecule has 0 saturated carbocycles. The lowest BCUT2D eigenvalue weighted by Gasteiger charge is -2.14. The minimum absolute atomic E-state index is 0.0389. The standard InChI is InChI=1S/C14H21N3O2S/c1-5-9-6-10(19-17-9)13(18)15-7-12-16-11(8-20-12)14(2,3)4/h8,10H,5-7H2,1-4H3,(H,15,18)/t10-/m0/s1. The zero-order valence-electron chi connectivity index (χ0n) is 12.4. The second-order valence-electron chi connectivity index (χ2n) is 5.90. The predicted octanol–water partition coefficient (Wildman–Crippen LogP) is 2.61. The summed E-state index contributed by atoms with van der Waals surface area (Å²) >= 11 is 1.57. The van der Waals surface area contributed by atoms with E-state index in [2.05, 4.69) is 36.2 Å². The van der Waals surface area contributed by atoms with Crippen molar-refractivity contribution in [3.05, 3.63) is 16.1 Å². The number of carbonyl (C=O) groups excluding carboxylic acids is 1. The third-order valence-corrected chi connectivity index (χ3v) is 4.01. The van der Waals surface area contributed by atoms with E-state index in [4.69, 9.17) is 4.84 Å². The van der Waals surface area contributed by atoms with Crippen LogP contribution in [0.15, 0.2) is 10.5 Å². The van der Waals surface area contributed by atoms with Crippen molar-refractivity contribution in [2.45, 2.75) is 58.6 Å². The van der Waals surface area contributed by atoms with Crippen molar-refractivity contribution >= 4 is 23.0 Å². The molecule has 0 saturated heterocycles. The Morgan fingerprint density at radius 3 is 2.85 bits per heavy atom. The van der Waals surface area contributed by atoms with Crippen LogP contribution in [-0.2, 0) is 21.6 Å². The van der Waals surface area contributed by atoms with Gasteiger partial charge in [-0.1, -0.05) is 32.9 Å². The van der Waals surface area contributed by atoms with Crippen molar-refractivity contribution in [2.75, 3.05) is 0 Å². The van der Waals surface area contributed by atoms with Gasteiger partial charge in [0.25, 0.3) is 5.91 Å². The first kappa shape index (κ1) is 15.0. The topological polar surface area (TPSA) is 63.6 Å². The highest BCUT2D eigenvalue weighted by Crippen LogP contribution is 2.23. The molecule has 110 valence electrons. The molecule has 20 heavy (non-hydrogen) atoms. The van der Waals surface area contributed by atoms with Crippen molar-refractivity contribution in [1.82, 2.24) is 10.3 Å². The molecule has 0 bridgehead atoms. The first-order valence-electron chi connectivity index (χ1n) is 6.84. The van der Waals surface area contributed by atoms with Crippen molar-refractivity contribution in [2.24, 2.45) is 5.16 Å². The molecule has 0 spiro atoms. The molecule has 0 radical (unpaired) electrons. The molecule has 1 aromatic rings. The first-order chi connectivity index (χ1) is 9.40. The van der Waals surface area contributed by atoms with Gasteiger partial charge in [0.1, 0.15) is 5.01 Å². The Morgan fingerprint density at radius 1 is 1.55 bits per heavy atom. The number of nitrogens with one attached hydrogen (secondary N) is 1. The van der Waals surface area contributed by atoms with Crippen molar-refractivity contribution in [1.29, 1.82) is 0 Å². The summed E-state index contributed by atoms with van der Waals surface area (Å²) in [5.41, 5.74) is 2.03. The maximum Gasteiger partial charge on any atom is 0.264 e.